The Hall–Kier alpha value is -2.57. The molecule has 0 saturated carbocycles. The Morgan fingerprint density at radius 3 is 2.33 bits per heavy atom. The van der Waals surface area contributed by atoms with Gasteiger partial charge in [0.15, 0.2) is 0 Å². The molecule has 0 aliphatic heterocycles. The summed E-state index contributed by atoms with van der Waals surface area (Å²) in [6.07, 6.45) is -0.225. The van der Waals surface area contributed by atoms with E-state index >= 15 is 0 Å². The number of carbonyl (C=O) groups is 3. The molecule has 0 unspecified atom stereocenters. The first-order chi connectivity index (χ1) is 9.90. The van der Waals surface area contributed by atoms with Gasteiger partial charge in [-0.25, -0.2) is 4.79 Å². The number of nitrogens with one attached hydrogen (secondary N) is 2. The first-order valence-corrected chi connectivity index (χ1v) is 6.41. The number of hydrogen-bond acceptors (Lipinski definition) is 3. The molecule has 0 aliphatic rings. The van der Waals surface area contributed by atoms with E-state index < -0.39 is 17.9 Å². The Balaban J connectivity index is 2.63. The first-order valence-electron chi connectivity index (χ1n) is 6.41. The van der Waals surface area contributed by atoms with E-state index in [1.54, 1.807) is 44.4 Å². The van der Waals surface area contributed by atoms with E-state index in [-0.39, 0.29) is 19.0 Å². The van der Waals surface area contributed by atoms with Crippen molar-refractivity contribution in [3.63, 3.8) is 0 Å². The molecule has 3 amide bonds. The van der Waals surface area contributed by atoms with Gasteiger partial charge in [0.2, 0.25) is 5.91 Å². The number of hydrogen-bond donors (Lipinski definition) is 3. The van der Waals surface area contributed by atoms with E-state index in [4.69, 9.17) is 5.11 Å². The van der Waals surface area contributed by atoms with E-state index in [0.29, 0.717) is 5.56 Å². The third kappa shape index (κ3) is 5.94. The lowest BCUT2D eigenvalue weighted by Crippen LogP contribution is -2.42. The number of carboxylic acids is 1. The summed E-state index contributed by atoms with van der Waals surface area (Å²) in [5.41, 5.74) is 0.701. The second kappa shape index (κ2) is 7.88. The molecule has 1 rings (SSSR count). The molecule has 0 aliphatic carbocycles. The lowest BCUT2D eigenvalue weighted by atomic mass is 10.0. The van der Waals surface area contributed by atoms with E-state index in [1.807, 2.05) is 0 Å². The molecule has 0 heterocycles. The predicted molar refractivity (Wildman–Crippen MR) is 76.7 cm³/mol. The number of carbonyl (C=O) groups excluding carboxylic acids is 2. The van der Waals surface area contributed by atoms with Gasteiger partial charge in [-0.2, -0.15) is 0 Å². The van der Waals surface area contributed by atoms with Gasteiger partial charge in [-0.1, -0.05) is 30.3 Å². The standard InChI is InChI=1S/C14H19N3O4/c1-17(2)14(21)15-9-12(18)16-11(8-13(19)20)10-6-4-3-5-7-10/h3-7,11H,8-9H2,1-2H3,(H,15,21)(H,16,18)(H,19,20)/t11-/m0/s1. The number of amides is 3. The van der Waals surface area contributed by atoms with Crippen LogP contribution in [0.25, 0.3) is 0 Å². The predicted octanol–water partition coefficient (Wildman–Crippen LogP) is 0.590. The smallest absolute Gasteiger partial charge is 0.317 e. The zero-order valence-corrected chi connectivity index (χ0v) is 12.0. The number of nitrogens with zero attached hydrogens (tertiary/aromatic N) is 1. The van der Waals surface area contributed by atoms with Crippen LogP contribution in [0, 0.1) is 0 Å². The molecule has 0 saturated heterocycles. The largest absolute Gasteiger partial charge is 0.481 e. The van der Waals surface area contributed by atoms with Gasteiger partial charge in [-0.3, -0.25) is 9.59 Å². The van der Waals surface area contributed by atoms with Crippen molar-refractivity contribution in [2.24, 2.45) is 0 Å². The number of benzene rings is 1. The average molecular weight is 293 g/mol. The third-order valence-corrected chi connectivity index (χ3v) is 2.72. The third-order valence-electron chi connectivity index (χ3n) is 2.72. The molecule has 0 spiro atoms. The molecule has 7 heteroatoms. The van der Waals surface area contributed by atoms with Gasteiger partial charge in [-0.15, -0.1) is 0 Å². The Bertz CT molecular complexity index is 502. The van der Waals surface area contributed by atoms with Crippen molar-refractivity contribution in [1.82, 2.24) is 15.5 Å². The van der Waals surface area contributed by atoms with Gasteiger partial charge >= 0.3 is 12.0 Å². The van der Waals surface area contributed by atoms with Crippen LogP contribution >= 0.6 is 0 Å². The lowest BCUT2D eigenvalue weighted by Gasteiger charge is -2.18. The van der Waals surface area contributed by atoms with Crippen LogP contribution in [0.4, 0.5) is 4.79 Å². The molecule has 1 aromatic carbocycles. The van der Waals surface area contributed by atoms with Gasteiger partial charge in [0.05, 0.1) is 19.0 Å². The summed E-state index contributed by atoms with van der Waals surface area (Å²) in [5, 5.41) is 13.9. The zero-order chi connectivity index (χ0) is 15.8. The summed E-state index contributed by atoms with van der Waals surface area (Å²) in [4.78, 5) is 35.3. The number of rotatable bonds is 6. The molecular formula is C14H19N3O4. The summed E-state index contributed by atoms with van der Waals surface area (Å²) >= 11 is 0. The minimum atomic E-state index is -1.01. The highest BCUT2D eigenvalue weighted by Gasteiger charge is 2.18. The van der Waals surface area contributed by atoms with Crippen LogP contribution in [0.1, 0.15) is 18.0 Å². The highest BCUT2D eigenvalue weighted by atomic mass is 16.4. The normalized spacial score (nSPS) is 11.3. The summed E-state index contributed by atoms with van der Waals surface area (Å²) in [7, 11) is 3.12. The average Bonchev–Trinajstić information content (AvgIpc) is 2.44. The molecule has 7 nitrogen and oxygen atoms in total. The second-order valence-electron chi connectivity index (χ2n) is 4.68. The van der Waals surface area contributed by atoms with Crippen molar-refractivity contribution >= 4 is 17.9 Å². The molecule has 0 fully saturated rings. The van der Waals surface area contributed by atoms with Gasteiger partial charge in [0, 0.05) is 14.1 Å². The maximum Gasteiger partial charge on any atom is 0.317 e. The fraction of sp³-hybridized carbons (Fsp3) is 0.357. The Morgan fingerprint density at radius 1 is 1.19 bits per heavy atom. The number of aliphatic carboxylic acids is 1. The summed E-state index contributed by atoms with van der Waals surface area (Å²) < 4.78 is 0. The van der Waals surface area contributed by atoms with Gasteiger partial charge in [0.1, 0.15) is 0 Å². The first kappa shape index (κ1) is 16.5. The van der Waals surface area contributed by atoms with Crippen LogP contribution in [0.5, 0.6) is 0 Å². The Kier molecular flexibility index (Phi) is 6.19. The van der Waals surface area contributed by atoms with Crippen LogP contribution in [-0.2, 0) is 9.59 Å². The minimum Gasteiger partial charge on any atom is -0.481 e. The molecule has 1 atom stereocenters. The minimum absolute atomic E-state index is 0.208. The zero-order valence-electron chi connectivity index (χ0n) is 12.0. The van der Waals surface area contributed by atoms with Crippen molar-refractivity contribution in [3.05, 3.63) is 35.9 Å². The van der Waals surface area contributed by atoms with Crippen LogP contribution < -0.4 is 10.6 Å². The Labute approximate surface area is 122 Å². The van der Waals surface area contributed by atoms with Crippen LogP contribution in [0.15, 0.2) is 30.3 Å². The van der Waals surface area contributed by atoms with E-state index in [2.05, 4.69) is 10.6 Å². The number of carboxylic acid groups (broad SMARTS) is 1. The molecule has 21 heavy (non-hydrogen) atoms. The second-order valence-corrected chi connectivity index (χ2v) is 4.68. The summed E-state index contributed by atoms with van der Waals surface area (Å²) in [5.74, 6) is -1.46. The van der Waals surface area contributed by atoms with Crippen molar-refractivity contribution in [1.29, 1.82) is 0 Å². The molecule has 0 bridgehead atoms. The fourth-order valence-electron chi connectivity index (χ4n) is 1.67. The van der Waals surface area contributed by atoms with E-state index in [0.717, 1.165) is 0 Å². The highest BCUT2D eigenvalue weighted by molar-refractivity contribution is 5.84. The van der Waals surface area contributed by atoms with Gasteiger partial charge < -0.3 is 20.6 Å². The SMILES string of the molecule is CN(C)C(=O)NCC(=O)N[C@@H](CC(=O)O)c1ccccc1. The quantitative estimate of drug-likeness (QED) is 0.715. The maximum atomic E-state index is 11.8. The van der Waals surface area contributed by atoms with Crippen LogP contribution in [0.2, 0.25) is 0 Å². The fourth-order valence-corrected chi connectivity index (χ4v) is 1.67. The Morgan fingerprint density at radius 2 is 1.81 bits per heavy atom. The maximum absolute atomic E-state index is 11.8. The van der Waals surface area contributed by atoms with Crippen molar-refractivity contribution in [2.45, 2.75) is 12.5 Å². The van der Waals surface area contributed by atoms with Crippen molar-refractivity contribution in [3.8, 4) is 0 Å². The summed E-state index contributed by atoms with van der Waals surface area (Å²) in [6, 6.07) is 7.81. The van der Waals surface area contributed by atoms with E-state index in [9.17, 15) is 14.4 Å². The van der Waals surface area contributed by atoms with Crippen LogP contribution in [-0.4, -0.2) is 48.6 Å². The van der Waals surface area contributed by atoms with E-state index in [1.165, 1.54) is 4.90 Å². The molecule has 0 radical (unpaired) electrons. The number of urea groups is 1. The van der Waals surface area contributed by atoms with Crippen molar-refractivity contribution in [2.75, 3.05) is 20.6 Å². The topological polar surface area (TPSA) is 98.7 Å². The van der Waals surface area contributed by atoms with Crippen molar-refractivity contribution < 1.29 is 19.5 Å². The van der Waals surface area contributed by atoms with Crippen LogP contribution in [0.3, 0.4) is 0 Å². The molecule has 3 N–H and O–H groups in total. The lowest BCUT2D eigenvalue weighted by molar-refractivity contribution is -0.137. The molecular weight excluding hydrogens is 274 g/mol. The summed E-state index contributed by atoms with van der Waals surface area (Å²) in [6.45, 7) is -0.208. The monoisotopic (exact) mass is 293 g/mol. The highest BCUT2D eigenvalue weighted by Crippen LogP contribution is 2.16. The van der Waals surface area contributed by atoms with Gasteiger partial charge in [-0.05, 0) is 5.56 Å². The van der Waals surface area contributed by atoms with Gasteiger partial charge in [0.25, 0.3) is 0 Å². The molecule has 114 valence electrons. The molecule has 0 aromatic heterocycles. The molecule has 1 aromatic rings.